The number of nitrogens with zero attached hydrogens (tertiary/aromatic N) is 1. The maximum atomic E-state index is 12.2. The zero-order valence-electron chi connectivity index (χ0n) is 12.4. The molecule has 4 heteroatoms. The van der Waals surface area contributed by atoms with Crippen molar-refractivity contribution in [1.29, 1.82) is 0 Å². The Hall–Kier alpha value is -1.84. The summed E-state index contributed by atoms with van der Waals surface area (Å²) in [7, 11) is 0. The minimum atomic E-state index is -0.869. The van der Waals surface area contributed by atoms with Gasteiger partial charge in [-0.15, -0.1) is 0 Å². The van der Waals surface area contributed by atoms with Crippen LogP contribution in [0.5, 0.6) is 0 Å². The van der Waals surface area contributed by atoms with Crippen molar-refractivity contribution in [2.45, 2.75) is 39.7 Å². The number of hydrogen-bond acceptors (Lipinski definition) is 2. The topological polar surface area (TPSA) is 57.6 Å². The number of rotatable bonds is 7. The van der Waals surface area contributed by atoms with E-state index in [2.05, 4.69) is 0 Å². The summed E-state index contributed by atoms with van der Waals surface area (Å²) in [5, 5.41) is 8.96. The van der Waals surface area contributed by atoms with Crippen LogP contribution >= 0.6 is 0 Å². The summed E-state index contributed by atoms with van der Waals surface area (Å²) in [4.78, 5) is 24.8. The van der Waals surface area contributed by atoms with E-state index in [9.17, 15) is 9.59 Å². The monoisotopic (exact) mass is 277 g/mol. The Morgan fingerprint density at radius 2 is 1.75 bits per heavy atom. The SMILES string of the molecule is CC(CN(C(=O)CCc1ccccc1)C(C)C)C(=O)O. The summed E-state index contributed by atoms with van der Waals surface area (Å²) in [5.41, 5.74) is 1.12. The van der Waals surface area contributed by atoms with Crippen LogP contribution < -0.4 is 0 Å². The van der Waals surface area contributed by atoms with Gasteiger partial charge in [-0.25, -0.2) is 0 Å². The second-order valence-corrected chi connectivity index (χ2v) is 5.36. The molecule has 0 heterocycles. The van der Waals surface area contributed by atoms with Gasteiger partial charge in [-0.1, -0.05) is 37.3 Å². The van der Waals surface area contributed by atoms with Gasteiger partial charge in [0.2, 0.25) is 5.91 Å². The lowest BCUT2D eigenvalue weighted by Crippen LogP contribution is -2.41. The number of aliphatic carboxylic acids is 1. The average molecular weight is 277 g/mol. The van der Waals surface area contributed by atoms with Gasteiger partial charge in [-0.2, -0.15) is 0 Å². The Labute approximate surface area is 120 Å². The molecule has 1 aromatic rings. The molecule has 0 aromatic heterocycles. The molecule has 0 aliphatic heterocycles. The first kappa shape index (κ1) is 16.2. The molecular weight excluding hydrogens is 254 g/mol. The Kier molecular flexibility index (Phi) is 6.22. The molecular formula is C16H23NO3. The van der Waals surface area contributed by atoms with Crippen LogP contribution in [0.25, 0.3) is 0 Å². The Balaban J connectivity index is 2.58. The number of hydrogen-bond donors (Lipinski definition) is 1. The first-order valence-corrected chi connectivity index (χ1v) is 6.98. The number of carbonyl (C=O) groups excluding carboxylic acids is 1. The quantitative estimate of drug-likeness (QED) is 0.833. The second kappa shape index (κ2) is 7.68. The molecule has 0 aliphatic carbocycles. The maximum absolute atomic E-state index is 12.2. The molecule has 1 rings (SSSR count). The molecule has 1 unspecified atom stereocenters. The molecule has 1 aromatic carbocycles. The van der Waals surface area contributed by atoms with Crippen molar-refractivity contribution in [2.24, 2.45) is 5.92 Å². The third-order valence-electron chi connectivity index (χ3n) is 3.31. The summed E-state index contributed by atoms with van der Waals surface area (Å²) >= 11 is 0. The van der Waals surface area contributed by atoms with E-state index in [1.165, 1.54) is 0 Å². The molecule has 0 radical (unpaired) electrons. The summed E-state index contributed by atoms with van der Waals surface area (Å²) in [6, 6.07) is 9.85. The van der Waals surface area contributed by atoms with Gasteiger partial charge in [-0.3, -0.25) is 9.59 Å². The highest BCUT2D eigenvalue weighted by Crippen LogP contribution is 2.10. The number of carboxylic acids is 1. The van der Waals surface area contributed by atoms with E-state index in [0.717, 1.165) is 5.56 Å². The van der Waals surface area contributed by atoms with Crippen LogP contribution in [0.4, 0.5) is 0 Å². The number of amides is 1. The largest absolute Gasteiger partial charge is 0.481 e. The number of carboxylic acid groups (broad SMARTS) is 1. The van der Waals surface area contributed by atoms with Gasteiger partial charge in [-0.05, 0) is 25.8 Å². The lowest BCUT2D eigenvalue weighted by Gasteiger charge is -2.28. The normalized spacial score (nSPS) is 12.2. The Morgan fingerprint density at radius 1 is 1.15 bits per heavy atom. The van der Waals surface area contributed by atoms with Gasteiger partial charge < -0.3 is 10.0 Å². The highest BCUT2D eigenvalue weighted by atomic mass is 16.4. The van der Waals surface area contributed by atoms with Crippen LogP contribution in [0.1, 0.15) is 32.8 Å². The van der Waals surface area contributed by atoms with Crippen LogP contribution in [0.3, 0.4) is 0 Å². The number of carbonyl (C=O) groups is 2. The molecule has 1 amide bonds. The van der Waals surface area contributed by atoms with Crippen molar-refractivity contribution in [1.82, 2.24) is 4.90 Å². The van der Waals surface area contributed by atoms with Crippen molar-refractivity contribution in [2.75, 3.05) is 6.54 Å². The minimum Gasteiger partial charge on any atom is -0.481 e. The zero-order valence-corrected chi connectivity index (χ0v) is 12.4. The van der Waals surface area contributed by atoms with Gasteiger partial charge in [0.15, 0.2) is 0 Å². The molecule has 0 fully saturated rings. The van der Waals surface area contributed by atoms with E-state index in [-0.39, 0.29) is 18.5 Å². The molecule has 0 spiro atoms. The van der Waals surface area contributed by atoms with Crippen LogP contribution in [0.15, 0.2) is 30.3 Å². The van der Waals surface area contributed by atoms with Crippen LogP contribution in [0, 0.1) is 5.92 Å². The summed E-state index contributed by atoms with van der Waals surface area (Å²) in [6.45, 7) is 5.72. The van der Waals surface area contributed by atoms with Crippen molar-refractivity contribution in [3.05, 3.63) is 35.9 Å². The van der Waals surface area contributed by atoms with Crippen LogP contribution in [-0.4, -0.2) is 34.5 Å². The molecule has 1 N–H and O–H groups in total. The molecule has 0 aliphatic rings. The predicted octanol–water partition coefficient (Wildman–Crippen LogP) is 2.58. The lowest BCUT2D eigenvalue weighted by molar-refractivity contribution is -0.143. The van der Waals surface area contributed by atoms with Crippen molar-refractivity contribution in [3.63, 3.8) is 0 Å². The van der Waals surface area contributed by atoms with Crippen molar-refractivity contribution >= 4 is 11.9 Å². The molecule has 0 saturated carbocycles. The molecule has 4 nitrogen and oxygen atoms in total. The van der Waals surface area contributed by atoms with Crippen molar-refractivity contribution in [3.8, 4) is 0 Å². The number of aryl methyl sites for hydroxylation is 1. The van der Waals surface area contributed by atoms with Crippen molar-refractivity contribution < 1.29 is 14.7 Å². The van der Waals surface area contributed by atoms with Gasteiger partial charge in [0.1, 0.15) is 0 Å². The Morgan fingerprint density at radius 3 is 2.25 bits per heavy atom. The zero-order chi connectivity index (χ0) is 15.1. The van der Waals surface area contributed by atoms with Gasteiger partial charge in [0, 0.05) is 19.0 Å². The molecule has 20 heavy (non-hydrogen) atoms. The summed E-state index contributed by atoms with van der Waals surface area (Å²) < 4.78 is 0. The van der Waals surface area contributed by atoms with E-state index in [0.29, 0.717) is 12.8 Å². The maximum Gasteiger partial charge on any atom is 0.308 e. The number of benzene rings is 1. The van der Waals surface area contributed by atoms with Gasteiger partial charge >= 0.3 is 5.97 Å². The second-order valence-electron chi connectivity index (χ2n) is 5.36. The first-order valence-electron chi connectivity index (χ1n) is 6.98. The lowest BCUT2D eigenvalue weighted by atomic mass is 10.1. The average Bonchev–Trinajstić information content (AvgIpc) is 2.42. The van der Waals surface area contributed by atoms with Crippen LogP contribution in [0.2, 0.25) is 0 Å². The van der Waals surface area contributed by atoms with Gasteiger partial charge in [0.25, 0.3) is 0 Å². The fourth-order valence-corrected chi connectivity index (χ4v) is 2.01. The fraction of sp³-hybridized carbons (Fsp3) is 0.500. The standard InChI is InChI=1S/C16H23NO3/c1-12(2)17(11-13(3)16(19)20)15(18)10-9-14-7-5-4-6-8-14/h4-8,12-13H,9-11H2,1-3H3,(H,19,20). The Bertz CT molecular complexity index is 442. The molecule has 1 atom stereocenters. The molecule has 110 valence electrons. The minimum absolute atomic E-state index is 0.0111. The van der Waals surface area contributed by atoms with E-state index in [1.807, 2.05) is 44.2 Å². The van der Waals surface area contributed by atoms with E-state index in [4.69, 9.17) is 5.11 Å². The highest BCUT2D eigenvalue weighted by Gasteiger charge is 2.22. The first-order chi connectivity index (χ1) is 9.41. The van der Waals surface area contributed by atoms with E-state index < -0.39 is 11.9 Å². The van der Waals surface area contributed by atoms with E-state index in [1.54, 1.807) is 11.8 Å². The van der Waals surface area contributed by atoms with Crippen LogP contribution in [-0.2, 0) is 16.0 Å². The molecule has 0 bridgehead atoms. The summed E-state index contributed by atoms with van der Waals surface area (Å²) in [5.74, 6) is -1.40. The van der Waals surface area contributed by atoms with Gasteiger partial charge in [0.05, 0.1) is 5.92 Å². The highest BCUT2D eigenvalue weighted by molar-refractivity contribution is 5.78. The smallest absolute Gasteiger partial charge is 0.308 e. The predicted molar refractivity (Wildman–Crippen MR) is 78.4 cm³/mol. The van der Waals surface area contributed by atoms with E-state index >= 15 is 0 Å². The fourth-order valence-electron chi connectivity index (χ4n) is 2.01. The third kappa shape index (κ3) is 5.03. The molecule has 0 saturated heterocycles. The third-order valence-corrected chi connectivity index (χ3v) is 3.31. The summed E-state index contributed by atoms with van der Waals surface area (Å²) in [6.07, 6.45) is 1.10.